The first-order valence-electron chi connectivity index (χ1n) is 8.11. The van der Waals surface area contributed by atoms with Crippen LogP contribution in [0.2, 0.25) is 0 Å². The van der Waals surface area contributed by atoms with Gasteiger partial charge >= 0.3 is 0 Å². The molecule has 2 aromatic carbocycles. The van der Waals surface area contributed by atoms with Crippen LogP contribution in [0.5, 0.6) is 0 Å². The van der Waals surface area contributed by atoms with E-state index in [-0.39, 0.29) is 5.56 Å². The smallest absolute Gasteiger partial charge is 0.223 e. The number of aromatic nitrogens is 3. The highest BCUT2D eigenvalue weighted by Gasteiger charge is 2.11. The Kier molecular flexibility index (Phi) is 3.97. The fourth-order valence-electron chi connectivity index (χ4n) is 2.95. The summed E-state index contributed by atoms with van der Waals surface area (Å²) in [7, 11) is 0. The van der Waals surface area contributed by atoms with Gasteiger partial charge in [0.25, 0.3) is 0 Å². The molecule has 0 saturated carbocycles. The predicted molar refractivity (Wildman–Crippen MR) is 94.9 cm³/mol. The van der Waals surface area contributed by atoms with E-state index in [1.165, 1.54) is 6.07 Å². The lowest BCUT2D eigenvalue weighted by atomic mass is 10.1. The van der Waals surface area contributed by atoms with Crippen LogP contribution in [-0.4, -0.2) is 19.6 Å². The van der Waals surface area contributed by atoms with Crippen LogP contribution in [0.3, 0.4) is 0 Å². The molecule has 0 amide bonds. The lowest BCUT2D eigenvalue weighted by Gasteiger charge is -2.09. The van der Waals surface area contributed by atoms with Crippen molar-refractivity contribution in [2.75, 3.05) is 0 Å². The van der Waals surface area contributed by atoms with E-state index in [0.29, 0.717) is 5.56 Å². The van der Waals surface area contributed by atoms with Gasteiger partial charge in [-0.05, 0) is 54.4 Å². The van der Waals surface area contributed by atoms with Crippen LogP contribution in [0.1, 0.15) is 18.6 Å². The highest BCUT2D eigenvalue weighted by molar-refractivity contribution is 5.79. The van der Waals surface area contributed by atoms with Crippen molar-refractivity contribution in [2.45, 2.75) is 13.0 Å². The molecule has 0 bridgehead atoms. The van der Waals surface area contributed by atoms with E-state index in [1.807, 2.05) is 28.8 Å². The van der Waals surface area contributed by atoms with Crippen molar-refractivity contribution in [3.8, 4) is 16.8 Å². The molecular formula is C20H15F2N3O. The van der Waals surface area contributed by atoms with E-state index in [9.17, 15) is 13.9 Å². The molecule has 130 valence electrons. The number of imidazole rings is 1. The lowest BCUT2D eigenvalue weighted by molar-refractivity contribution is 0.199. The Hall–Kier alpha value is -3.12. The number of aliphatic hydroxyl groups is 1. The van der Waals surface area contributed by atoms with E-state index >= 15 is 0 Å². The maximum absolute atomic E-state index is 14.0. The Morgan fingerprint density at radius 2 is 1.88 bits per heavy atom. The van der Waals surface area contributed by atoms with Crippen molar-refractivity contribution in [3.63, 3.8) is 0 Å². The normalized spacial score (nSPS) is 12.5. The molecule has 0 fully saturated rings. The predicted octanol–water partition coefficient (Wildman–Crippen LogP) is 4.42. The summed E-state index contributed by atoms with van der Waals surface area (Å²) in [6, 6.07) is 15.3. The Labute approximate surface area is 148 Å². The molecule has 0 radical (unpaired) electrons. The first-order valence-corrected chi connectivity index (χ1v) is 8.11. The maximum atomic E-state index is 14.0. The fraction of sp³-hybridized carbons (Fsp3) is 0.100. The number of fused-ring (bicyclic) bond motifs is 1. The molecule has 0 aliphatic rings. The summed E-state index contributed by atoms with van der Waals surface area (Å²) in [5.74, 6) is -1.70. The van der Waals surface area contributed by atoms with Crippen molar-refractivity contribution in [2.24, 2.45) is 0 Å². The van der Waals surface area contributed by atoms with E-state index < -0.39 is 18.0 Å². The fourth-order valence-corrected chi connectivity index (χ4v) is 2.95. The van der Waals surface area contributed by atoms with E-state index in [4.69, 9.17) is 0 Å². The van der Waals surface area contributed by atoms with Gasteiger partial charge in [0.2, 0.25) is 11.9 Å². The summed E-state index contributed by atoms with van der Waals surface area (Å²) >= 11 is 0. The van der Waals surface area contributed by atoms with Gasteiger partial charge in [-0.2, -0.15) is 13.8 Å². The third-order valence-corrected chi connectivity index (χ3v) is 4.30. The van der Waals surface area contributed by atoms with Gasteiger partial charge in [0.15, 0.2) is 0 Å². The monoisotopic (exact) mass is 351 g/mol. The molecule has 26 heavy (non-hydrogen) atoms. The molecule has 4 aromatic rings. The number of aliphatic hydroxyl groups excluding tert-OH is 1. The minimum absolute atomic E-state index is 0.231. The van der Waals surface area contributed by atoms with Gasteiger partial charge < -0.3 is 5.11 Å². The molecule has 0 aliphatic carbocycles. The summed E-state index contributed by atoms with van der Waals surface area (Å²) in [6.45, 7) is 1.70. The first-order chi connectivity index (χ1) is 12.5. The molecule has 0 spiro atoms. The molecule has 1 atom stereocenters. The van der Waals surface area contributed by atoms with Crippen molar-refractivity contribution < 1.29 is 13.9 Å². The second kappa shape index (κ2) is 6.31. The minimum atomic E-state index is -0.850. The van der Waals surface area contributed by atoms with Crippen LogP contribution < -0.4 is 0 Å². The van der Waals surface area contributed by atoms with Crippen LogP contribution in [-0.2, 0) is 0 Å². The Balaban J connectivity index is 1.81. The third-order valence-electron chi connectivity index (χ3n) is 4.30. The Morgan fingerprint density at radius 1 is 1.04 bits per heavy atom. The quantitative estimate of drug-likeness (QED) is 0.556. The van der Waals surface area contributed by atoms with Gasteiger partial charge in [0.1, 0.15) is 6.33 Å². The summed E-state index contributed by atoms with van der Waals surface area (Å²) in [5.41, 5.74) is 4.02. The molecule has 6 heteroatoms. The second-order valence-corrected chi connectivity index (χ2v) is 6.06. The average Bonchev–Trinajstić information content (AvgIpc) is 3.05. The summed E-state index contributed by atoms with van der Waals surface area (Å²) in [5, 5.41) is 9.71. The van der Waals surface area contributed by atoms with Crippen molar-refractivity contribution in [1.82, 2.24) is 14.5 Å². The molecular weight excluding hydrogens is 336 g/mol. The van der Waals surface area contributed by atoms with Crippen LogP contribution >= 0.6 is 0 Å². The van der Waals surface area contributed by atoms with Gasteiger partial charge in [-0.25, -0.2) is 4.98 Å². The van der Waals surface area contributed by atoms with Gasteiger partial charge in [-0.1, -0.05) is 18.2 Å². The number of halogens is 2. The summed E-state index contributed by atoms with van der Waals surface area (Å²) in [4.78, 5) is 7.63. The standard InChI is InChI=1S/C20H15F2N3O/c1-12(26)13-5-7-18-17(10-13)23-11-25(18)15-4-2-3-14(9-15)16-6-8-19(21)24-20(16)22/h2-12,26H,1H3/t12-/m1/s1. The topological polar surface area (TPSA) is 50.9 Å². The summed E-state index contributed by atoms with van der Waals surface area (Å²) < 4.78 is 28.9. The van der Waals surface area contributed by atoms with E-state index in [0.717, 1.165) is 28.4 Å². The molecule has 0 aliphatic heterocycles. The second-order valence-electron chi connectivity index (χ2n) is 6.06. The van der Waals surface area contributed by atoms with Crippen molar-refractivity contribution >= 4 is 11.0 Å². The molecule has 2 aromatic heterocycles. The van der Waals surface area contributed by atoms with Crippen molar-refractivity contribution in [1.29, 1.82) is 0 Å². The zero-order valence-corrected chi connectivity index (χ0v) is 13.9. The third kappa shape index (κ3) is 2.84. The number of hydrogen-bond acceptors (Lipinski definition) is 3. The van der Waals surface area contributed by atoms with Crippen LogP contribution in [0, 0.1) is 11.9 Å². The number of pyridine rings is 1. The lowest BCUT2D eigenvalue weighted by Crippen LogP contribution is -1.96. The van der Waals surface area contributed by atoms with Gasteiger partial charge in [-0.15, -0.1) is 0 Å². The molecule has 0 saturated heterocycles. The highest BCUT2D eigenvalue weighted by Crippen LogP contribution is 2.27. The SMILES string of the molecule is C[C@@H](O)c1ccc2c(c1)ncn2-c1cccc(-c2ccc(F)nc2F)c1. The molecule has 1 N–H and O–H groups in total. The first kappa shape index (κ1) is 16.4. The van der Waals surface area contributed by atoms with Gasteiger partial charge in [-0.3, -0.25) is 4.57 Å². The molecule has 4 rings (SSSR count). The number of hydrogen-bond donors (Lipinski definition) is 1. The van der Waals surface area contributed by atoms with Crippen molar-refractivity contribution in [3.05, 3.63) is 78.4 Å². The zero-order chi connectivity index (χ0) is 18.3. The highest BCUT2D eigenvalue weighted by atomic mass is 19.1. The molecule has 4 nitrogen and oxygen atoms in total. The van der Waals surface area contributed by atoms with E-state index in [2.05, 4.69) is 9.97 Å². The minimum Gasteiger partial charge on any atom is -0.389 e. The Bertz CT molecular complexity index is 1110. The average molecular weight is 351 g/mol. The van der Waals surface area contributed by atoms with E-state index in [1.54, 1.807) is 31.5 Å². The maximum Gasteiger partial charge on any atom is 0.223 e. The Morgan fingerprint density at radius 3 is 2.65 bits per heavy atom. The number of nitrogens with zero attached hydrogens (tertiary/aromatic N) is 3. The molecule has 0 unspecified atom stereocenters. The number of benzene rings is 2. The van der Waals surface area contributed by atoms with Gasteiger partial charge in [0, 0.05) is 11.3 Å². The summed E-state index contributed by atoms with van der Waals surface area (Å²) in [6.07, 6.45) is 1.11. The van der Waals surface area contributed by atoms with Crippen LogP contribution in [0.25, 0.3) is 27.8 Å². The van der Waals surface area contributed by atoms with Crippen LogP contribution in [0.15, 0.2) is 60.9 Å². The molecule has 2 heterocycles. The number of rotatable bonds is 3. The zero-order valence-electron chi connectivity index (χ0n) is 13.9. The van der Waals surface area contributed by atoms with Gasteiger partial charge in [0.05, 0.1) is 17.1 Å². The largest absolute Gasteiger partial charge is 0.389 e. The van der Waals surface area contributed by atoms with Crippen LogP contribution in [0.4, 0.5) is 8.78 Å².